The number of nitrogens with zero attached hydrogens (tertiary/aromatic N) is 3. The normalized spacial score (nSPS) is 19.8. The summed E-state index contributed by atoms with van der Waals surface area (Å²) in [6, 6.07) is 0. The summed E-state index contributed by atoms with van der Waals surface area (Å²) in [5, 5.41) is 4.26. The van der Waals surface area contributed by atoms with Gasteiger partial charge < -0.3 is 0 Å². The quantitative estimate of drug-likeness (QED) is 0.802. The summed E-state index contributed by atoms with van der Waals surface area (Å²) in [6.45, 7) is 9.27. The molecule has 0 spiro atoms. The molecule has 1 unspecified atom stereocenters. The van der Waals surface area contributed by atoms with Gasteiger partial charge in [0.1, 0.15) is 0 Å². The number of piperidine rings is 1. The van der Waals surface area contributed by atoms with Gasteiger partial charge in [0.25, 0.3) is 0 Å². The molecule has 112 valence electrons. The van der Waals surface area contributed by atoms with Gasteiger partial charge in [-0.1, -0.05) is 13.3 Å². The Morgan fingerprint density at radius 1 is 1.30 bits per heavy atom. The van der Waals surface area contributed by atoms with E-state index in [1.165, 1.54) is 19.3 Å². The summed E-state index contributed by atoms with van der Waals surface area (Å²) in [5.41, 5.74) is 0.725. The van der Waals surface area contributed by atoms with E-state index in [4.69, 9.17) is 0 Å². The molecule has 20 heavy (non-hydrogen) atoms. The van der Waals surface area contributed by atoms with Crippen molar-refractivity contribution in [1.82, 2.24) is 14.7 Å². The van der Waals surface area contributed by atoms with Gasteiger partial charge in [-0.15, -0.1) is 0 Å². The monoisotopic (exact) mass is 277 g/mol. The summed E-state index contributed by atoms with van der Waals surface area (Å²) in [7, 11) is 0. The van der Waals surface area contributed by atoms with E-state index >= 15 is 0 Å². The van der Waals surface area contributed by atoms with Crippen LogP contribution in [0.25, 0.3) is 0 Å². The van der Waals surface area contributed by atoms with E-state index in [1.807, 2.05) is 17.1 Å². The fraction of sp³-hybridized carbons (Fsp3) is 0.750. The summed E-state index contributed by atoms with van der Waals surface area (Å²) < 4.78 is 1.88. The third-order valence-corrected chi connectivity index (χ3v) is 4.72. The molecule has 0 aliphatic carbocycles. The molecule has 0 N–H and O–H groups in total. The first-order valence-corrected chi connectivity index (χ1v) is 7.90. The third kappa shape index (κ3) is 3.11. The lowest BCUT2D eigenvalue weighted by Gasteiger charge is -2.41. The standard InChI is InChI=1S/C16H27N3O/c1-4-16(3,18-9-7-6-8-10-18)15(20)11-14-12-17-19(5-2)13-14/h12-13H,4-11H2,1-3H3. The Kier molecular flexibility index (Phi) is 4.97. The van der Waals surface area contributed by atoms with E-state index in [0.29, 0.717) is 12.2 Å². The van der Waals surface area contributed by atoms with Gasteiger partial charge in [-0.25, -0.2) is 0 Å². The lowest BCUT2D eigenvalue weighted by molar-refractivity contribution is -0.130. The first-order valence-electron chi connectivity index (χ1n) is 7.90. The minimum Gasteiger partial charge on any atom is -0.297 e. The third-order valence-electron chi connectivity index (χ3n) is 4.72. The predicted molar refractivity (Wildman–Crippen MR) is 80.7 cm³/mol. The van der Waals surface area contributed by atoms with Crippen LogP contribution in [0.15, 0.2) is 12.4 Å². The van der Waals surface area contributed by atoms with Crippen molar-refractivity contribution in [2.75, 3.05) is 13.1 Å². The van der Waals surface area contributed by atoms with Crippen molar-refractivity contribution in [1.29, 1.82) is 0 Å². The molecule has 1 fully saturated rings. The van der Waals surface area contributed by atoms with Crippen LogP contribution in [0.5, 0.6) is 0 Å². The predicted octanol–water partition coefficient (Wildman–Crippen LogP) is 2.67. The summed E-state index contributed by atoms with van der Waals surface area (Å²) in [4.78, 5) is 15.2. The molecule has 1 aliphatic heterocycles. The lowest BCUT2D eigenvalue weighted by atomic mass is 9.86. The van der Waals surface area contributed by atoms with Crippen LogP contribution in [0.2, 0.25) is 0 Å². The number of aromatic nitrogens is 2. The molecule has 0 amide bonds. The van der Waals surface area contributed by atoms with Crippen LogP contribution in [0.1, 0.15) is 52.0 Å². The highest BCUT2D eigenvalue weighted by molar-refractivity contribution is 5.89. The molecule has 1 aliphatic rings. The fourth-order valence-electron chi connectivity index (χ4n) is 3.03. The molecule has 0 radical (unpaired) electrons. The number of aryl methyl sites for hydroxylation is 1. The molecule has 1 atom stereocenters. The van der Waals surface area contributed by atoms with E-state index in [9.17, 15) is 4.79 Å². The Labute approximate surface area is 122 Å². The van der Waals surface area contributed by atoms with Crippen molar-refractivity contribution < 1.29 is 4.79 Å². The van der Waals surface area contributed by atoms with E-state index < -0.39 is 0 Å². The second-order valence-corrected chi connectivity index (χ2v) is 5.98. The van der Waals surface area contributed by atoms with Crippen molar-refractivity contribution in [3.05, 3.63) is 18.0 Å². The molecule has 1 aromatic rings. The van der Waals surface area contributed by atoms with Crippen LogP contribution in [0.4, 0.5) is 0 Å². The average Bonchev–Trinajstić information content (AvgIpc) is 2.94. The number of carbonyl (C=O) groups excluding carboxylic acids is 1. The number of carbonyl (C=O) groups is 1. The number of rotatable bonds is 6. The molecule has 0 bridgehead atoms. The van der Waals surface area contributed by atoms with E-state index in [-0.39, 0.29) is 5.54 Å². The van der Waals surface area contributed by atoms with E-state index in [2.05, 4.69) is 30.8 Å². The van der Waals surface area contributed by atoms with Gasteiger partial charge in [0.05, 0.1) is 11.7 Å². The van der Waals surface area contributed by atoms with Gasteiger partial charge in [-0.3, -0.25) is 14.4 Å². The Hall–Kier alpha value is -1.16. The first-order chi connectivity index (χ1) is 9.60. The van der Waals surface area contributed by atoms with Gasteiger partial charge in [-0.2, -0.15) is 5.10 Å². The highest BCUT2D eigenvalue weighted by atomic mass is 16.1. The highest BCUT2D eigenvalue weighted by Gasteiger charge is 2.37. The Morgan fingerprint density at radius 2 is 2.00 bits per heavy atom. The molecule has 2 heterocycles. The maximum absolute atomic E-state index is 12.8. The number of Topliss-reactive ketones (excluding diaryl/α,β-unsaturated/α-hetero) is 1. The van der Waals surface area contributed by atoms with Crippen molar-refractivity contribution >= 4 is 5.78 Å². The van der Waals surface area contributed by atoms with Gasteiger partial charge in [0.15, 0.2) is 5.78 Å². The van der Waals surface area contributed by atoms with E-state index in [1.54, 1.807) is 0 Å². The topological polar surface area (TPSA) is 38.1 Å². The molecule has 0 saturated carbocycles. The molecule has 4 heteroatoms. The van der Waals surface area contributed by atoms with Gasteiger partial charge >= 0.3 is 0 Å². The second-order valence-electron chi connectivity index (χ2n) is 5.98. The Balaban J connectivity index is 2.07. The molecule has 0 aromatic carbocycles. The largest absolute Gasteiger partial charge is 0.297 e. The van der Waals surface area contributed by atoms with Crippen molar-refractivity contribution in [2.24, 2.45) is 0 Å². The van der Waals surface area contributed by atoms with Crippen LogP contribution in [0.3, 0.4) is 0 Å². The van der Waals surface area contributed by atoms with Crippen LogP contribution in [0, 0.1) is 0 Å². The zero-order chi connectivity index (χ0) is 14.6. The number of hydrogen-bond acceptors (Lipinski definition) is 3. The Morgan fingerprint density at radius 3 is 2.55 bits per heavy atom. The maximum atomic E-state index is 12.8. The second kappa shape index (κ2) is 6.53. The Bertz CT molecular complexity index is 448. The van der Waals surface area contributed by atoms with Crippen molar-refractivity contribution in [2.45, 2.75) is 65.0 Å². The highest BCUT2D eigenvalue weighted by Crippen LogP contribution is 2.26. The van der Waals surface area contributed by atoms with Crippen LogP contribution in [-0.2, 0) is 17.8 Å². The number of likely N-dealkylation sites (tertiary alicyclic amines) is 1. The summed E-state index contributed by atoms with van der Waals surface area (Å²) in [5.74, 6) is 0.331. The maximum Gasteiger partial charge on any atom is 0.157 e. The van der Waals surface area contributed by atoms with Crippen LogP contribution in [-0.4, -0.2) is 39.1 Å². The number of ketones is 1. The lowest BCUT2D eigenvalue weighted by Crippen LogP contribution is -2.54. The van der Waals surface area contributed by atoms with Gasteiger partial charge in [0.2, 0.25) is 0 Å². The minimum atomic E-state index is -0.311. The van der Waals surface area contributed by atoms with Crippen molar-refractivity contribution in [3.8, 4) is 0 Å². The summed E-state index contributed by atoms with van der Waals surface area (Å²) in [6.07, 6.45) is 8.94. The smallest absolute Gasteiger partial charge is 0.157 e. The SMILES string of the molecule is CCn1cc(CC(=O)C(C)(CC)N2CCCCC2)cn1. The van der Waals surface area contributed by atoms with Crippen molar-refractivity contribution in [3.63, 3.8) is 0 Å². The zero-order valence-electron chi connectivity index (χ0n) is 13.1. The van der Waals surface area contributed by atoms with Crippen LogP contribution >= 0.6 is 0 Å². The molecule has 1 aromatic heterocycles. The average molecular weight is 277 g/mol. The minimum absolute atomic E-state index is 0.311. The van der Waals surface area contributed by atoms with Crippen LogP contribution < -0.4 is 0 Å². The summed E-state index contributed by atoms with van der Waals surface area (Å²) >= 11 is 0. The van der Waals surface area contributed by atoms with Gasteiger partial charge in [-0.05, 0) is 51.8 Å². The molecular weight excluding hydrogens is 250 g/mol. The van der Waals surface area contributed by atoms with Gasteiger partial charge in [0, 0.05) is 19.2 Å². The molecule has 1 saturated heterocycles. The number of hydrogen-bond donors (Lipinski definition) is 0. The molecule has 2 rings (SSSR count). The zero-order valence-corrected chi connectivity index (χ0v) is 13.1. The molecule has 4 nitrogen and oxygen atoms in total. The first kappa shape index (κ1) is 15.2. The molecular formula is C16H27N3O. The van der Waals surface area contributed by atoms with E-state index in [0.717, 1.165) is 31.6 Å². The fourth-order valence-corrected chi connectivity index (χ4v) is 3.03.